The molecule has 15 heavy (non-hydrogen) atoms. The molecule has 0 aromatic rings. The average molecular weight is 275 g/mol. The Labute approximate surface area is 96.1 Å². The van der Waals surface area contributed by atoms with Crippen LogP contribution >= 0.6 is 15.9 Å². The zero-order chi connectivity index (χ0) is 11.4. The summed E-state index contributed by atoms with van der Waals surface area (Å²) in [6.07, 6.45) is 3.99. The summed E-state index contributed by atoms with van der Waals surface area (Å²) < 4.78 is 10.7. The largest absolute Gasteiger partial charge is 0.454 e. The van der Waals surface area contributed by atoms with Crippen molar-refractivity contribution in [2.24, 2.45) is 0 Å². The molecule has 0 aromatic heterocycles. The number of halogens is 1. The molecule has 0 unspecified atom stereocenters. The molecule has 0 saturated heterocycles. The second-order valence-corrected chi connectivity index (χ2v) is 3.96. The van der Waals surface area contributed by atoms with Gasteiger partial charge in [-0.05, 0) is 12.2 Å². The number of hydrogen-bond acceptors (Lipinski definition) is 4. The van der Waals surface area contributed by atoms with Crippen LogP contribution in [0.3, 0.4) is 0 Å². The predicted molar refractivity (Wildman–Crippen MR) is 57.3 cm³/mol. The lowest BCUT2D eigenvalue weighted by Gasteiger charge is -2.25. The number of rotatable bonds is 2. The van der Waals surface area contributed by atoms with Gasteiger partial charge in [0.25, 0.3) is 0 Å². The fourth-order valence-corrected chi connectivity index (χ4v) is 1.71. The van der Waals surface area contributed by atoms with E-state index in [9.17, 15) is 9.59 Å². The van der Waals surface area contributed by atoms with Gasteiger partial charge in [-0.15, -0.1) is 0 Å². The van der Waals surface area contributed by atoms with Gasteiger partial charge in [-0.3, -0.25) is 9.59 Å². The molecule has 0 heterocycles. The van der Waals surface area contributed by atoms with Gasteiger partial charge in [0.05, 0.1) is 0 Å². The maximum absolute atomic E-state index is 10.9. The Bertz CT molecular complexity index is 332. The van der Waals surface area contributed by atoms with Crippen molar-refractivity contribution in [3.8, 4) is 0 Å². The SMILES string of the molecule is CC(=O)O[C@H]1C=CC=C(Br)[C@H]1OC(C)=O. The number of carbonyl (C=O) groups is 2. The molecule has 0 spiro atoms. The second kappa shape index (κ2) is 5.11. The first kappa shape index (κ1) is 12.0. The van der Waals surface area contributed by atoms with Crippen LogP contribution in [0.5, 0.6) is 0 Å². The summed E-state index contributed by atoms with van der Waals surface area (Å²) >= 11 is 3.25. The number of esters is 2. The maximum Gasteiger partial charge on any atom is 0.303 e. The summed E-state index contributed by atoms with van der Waals surface area (Å²) in [5.41, 5.74) is 0. The lowest BCUT2D eigenvalue weighted by molar-refractivity contribution is -0.158. The van der Waals surface area contributed by atoms with E-state index in [1.54, 1.807) is 18.2 Å². The molecule has 1 aliphatic carbocycles. The zero-order valence-electron chi connectivity index (χ0n) is 8.40. The van der Waals surface area contributed by atoms with Crippen LogP contribution in [0.4, 0.5) is 0 Å². The van der Waals surface area contributed by atoms with Gasteiger partial charge >= 0.3 is 11.9 Å². The lowest BCUT2D eigenvalue weighted by Crippen LogP contribution is -2.34. The highest BCUT2D eigenvalue weighted by atomic mass is 79.9. The van der Waals surface area contributed by atoms with Gasteiger partial charge in [0.15, 0.2) is 12.2 Å². The van der Waals surface area contributed by atoms with E-state index in [1.165, 1.54) is 13.8 Å². The lowest BCUT2D eigenvalue weighted by atomic mass is 10.1. The van der Waals surface area contributed by atoms with Gasteiger partial charge in [-0.1, -0.05) is 22.0 Å². The van der Waals surface area contributed by atoms with Crippen LogP contribution in [0.2, 0.25) is 0 Å². The van der Waals surface area contributed by atoms with Crippen LogP contribution in [0.25, 0.3) is 0 Å². The molecule has 82 valence electrons. The molecular formula is C10H11BrO4. The van der Waals surface area contributed by atoms with Crippen molar-refractivity contribution in [3.63, 3.8) is 0 Å². The molecule has 1 rings (SSSR count). The summed E-state index contributed by atoms with van der Waals surface area (Å²) in [5.74, 6) is -0.832. The van der Waals surface area contributed by atoms with Crippen LogP contribution in [-0.2, 0) is 19.1 Å². The molecular weight excluding hydrogens is 264 g/mol. The van der Waals surface area contributed by atoms with E-state index in [2.05, 4.69) is 15.9 Å². The molecule has 1 aliphatic rings. The van der Waals surface area contributed by atoms with Crippen molar-refractivity contribution in [1.82, 2.24) is 0 Å². The van der Waals surface area contributed by atoms with E-state index in [1.807, 2.05) is 0 Å². The van der Waals surface area contributed by atoms with Crippen LogP contribution in [-0.4, -0.2) is 24.1 Å². The molecule has 0 radical (unpaired) electrons. The third kappa shape index (κ3) is 3.51. The molecule has 0 aromatic carbocycles. The number of allylic oxidation sites excluding steroid dienone is 2. The topological polar surface area (TPSA) is 52.6 Å². The summed E-state index contributed by atoms with van der Waals surface area (Å²) in [6, 6.07) is 0. The Hall–Kier alpha value is -1.10. The third-order valence-corrected chi connectivity index (χ3v) is 2.44. The first-order valence-electron chi connectivity index (χ1n) is 4.39. The summed E-state index contributed by atoms with van der Waals surface area (Å²) in [5, 5.41) is 0. The summed E-state index contributed by atoms with van der Waals surface area (Å²) in [4.78, 5) is 21.7. The van der Waals surface area contributed by atoms with Crippen molar-refractivity contribution in [2.75, 3.05) is 0 Å². The van der Waals surface area contributed by atoms with Crippen LogP contribution < -0.4 is 0 Å². The molecule has 0 N–H and O–H groups in total. The monoisotopic (exact) mass is 274 g/mol. The quantitative estimate of drug-likeness (QED) is 0.720. The molecule has 0 saturated carbocycles. The van der Waals surface area contributed by atoms with Crippen LogP contribution in [0.1, 0.15) is 13.8 Å². The molecule has 0 bridgehead atoms. The van der Waals surface area contributed by atoms with Gasteiger partial charge in [-0.2, -0.15) is 0 Å². The van der Waals surface area contributed by atoms with Gasteiger partial charge in [0, 0.05) is 18.3 Å². The smallest absolute Gasteiger partial charge is 0.303 e. The van der Waals surface area contributed by atoms with Crippen molar-refractivity contribution in [1.29, 1.82) is 0 Å². The fourth-order valence-electron chi connectivity index (χ4n) is 1.20. The minimum Gasteiger partial charge on any atom is -0.454 e. The highest BCUT2D eigenvalue weighted by molar-refractivity contribution is 9.11. The van der Waals surface area contributed by atoms with E-state index in [-0.39, 0.29) is 0 Å². The maximum atomic E-state index is 10.9. The minimum atomic E-state index is -0.587. The van der Waals surface area contributed by atoms with E-state index >= 15 is 0 Å². The minimum absolute atomic E-state index is 0.413. The van der Waals surface area contributed by atoms with E-state index in [0.717, 1.165) is 0 Å². The Kier molecular flexibility index (Phi) is 4.08. The van der Waals surface area contributed by atoms with Crippen molar-refractivity contribution >= 4 is 27.9 Å². The Morgan fingerprint density at radius 1 is 1.27 bits per heavy atom. The molecule has 0 fully saturated rings. The Morgan fingerprint density at radius 3 is 2.40 bits per heavy atom. The fraction of sp³-hybridized carbons (Fsp3) is 0.400. The zero-order valence-corrected chi connectivity index (χ0v) is 9.98. The first-order valence-corrected chi connectivity index (χ1v) is 5.18. The van der Waals surface area contributed by atoms with Crippen LogP contribution in [0, 0.1) is 0 Å². The molecule has 0 aliphatic heterocycles. The molecule has 4 nitrogen and oxygen atoms in total. The van der Waals surface area contributed by atoms with E-state index in [0.29, 0.717) is 4.48 Å². The van der Waals surface area contributed by atoms with E-state index in [4.69, 9.17) is 9.47 Å². The molecule has 2 atom stereocenters. The molecule has 0 amide bonds. The standard InChI is InChI=1S/C10H11BrO4/c1-6(12)14-9-5-3-4-8(11)10(9)15-7(2)13/h3-5,9-10H,1-2H3/t9-,10+/m0/s1. The number of ether oxygens (including phenoxy) is 2. The van der Waals surface area contributed by atoms with Gasteiger partial charge in [-0.25, -0.2) is 0 Å². The van der Waals surface area contributed by atoms with Crippen molar-refractivity contribution in [3.05, 3.63) is 22.7 Å². The first-order chi connectivity index (χ1) is 7.00. The number of hydrogen-bond donors (Lipinski definition) is 0. The Morgan fingerprint density at radius 2 is 1.87 bits per heavy atom. The predicted octanol–water partition coefficient (Wildman–Crippen LogP) is 1.70. The highest BCUT2D eigenvalue weighted by Gasteiger charge is 2.29. The van der Waals surface area contributed by atoms with Gasteiger partial charge < -0.3 is 9.47 Å². The Balaban J connectivity index is 2.76. The van der Waals surface area contributed by atoms with Crippen LogP contribution in [0.15, 0.2) is 22.7 Å². The van der Waals surface area contributed by atoms with E-state index < -0.39 is 24.1 Å². The molecule has 5 heteroatoms. The number of carbonyl (C=O) groups excluding carboxylic acids is 2. The average Bonchev–Trinajstić information content (AvgIpc) is 2.09. The van der Waals surface area contributed by atoms with Crippen molar-refractivity contribution in [2.45, 2.75) is 26.1 Å². The van der Waals surface area contributed by atoms with Gasteiger partial charge in [0.2, 0.25) is 0 Å². The normalized spacial score (nSPS) is 24.3. The second-order valence-electron chi connectivity index (χ2n) is 3.04. The highest BCUT2D eigenvalue weighted by Crippen LogP contribution is 2.24. The summed E-state index contributed by atoms with van der Waals surface area (Å²) in [7, 11) is 0. The third-order valence-electron chi connectivity index (χ3n) is 1.72. The van der Waals surface area contributed by atoms with Gasteiger partial charge in [0.1, 0.15) is 0 Å². The van der Waals surface area contributed by atoms with Crippen molar-refractivity contribution < 1.29 is 19.1 Å². The summed E-state index contributed by atoms with van der Waals surface area (Å²) in [6.45, 7) is 2.62.